The maximum absolute atomic E-state index is 12.1. The second-order valence-electron chi connectivity index (χ2n) is 4.80. The van der Waals surface area contributed by atoms with E-state index in [-0.39, 0.29) is 16.7 Å². The van der Waals surface area contributed by atoms with E-state index in [0.717, 1.165) is 25.6 Å². The molecular weight excluding hydrogens is 264 g/mol. The van der Waals surface area contributed by atoms with E-state index >= 15 is 0 Å². The first-order valence-corrected chi connectivity index (χ1v) is 8.18. The minimum absolute atomic E-state index is 0.0960. The lowest BCUT2D eigenvalue weighted by Gasteiger charge is -2.22. The Balaban J connectivity index is 2.17. The van der Waals surface area contributed by atoms with Crippen LogP contribution < -0.4 is 10.6 Å². The summed E-state index contributed by atoms with van der Waals surface area (Å²) in [5.41, 5.74) is 0.362. The third kappa shape index (κ3) is 3.54. The Labute approximate surface area is 113 Å². The molecule has 1 fully saturated rings. The van der Waals surface area contributed by atoms with Crippen molar-refractivity contribution in [1.29, 1.82) is 0 Å². The second-order valence-corrected chi connectivity index (χ2v) is 6.79. The first-order valence-electron chi connectivity index (χ1n) is 6.29. The van der Waals surface area contributed by atoms with Crippen molar-refractivity contribution in [2.75, 3.05) is 24.7 Å². The number of hydrogen-bond acceptors (Lipinski definition) is 4. The molecule has 1 amide bonds. The third-order valence-electron chi connectivity index (χ3n) is 3.21. The molecule has 1 aromatic carbocycles. The SMILES string of the molecule is CS(=O)(=O)c1ccccc1NC(=O)[C@H]1CCCNC1. The largest absolute Gasteiger partial charge is 0.325 e. The summed E-state index contributed by atoms with van der Waals surface area (Å²) in [5, 5.41) is 5.90. The molecular formula is C13H18N2O3S. The van der Waals surface area contributed by atoms with Crippen LogP contribution in [-0.4, -0.2) is 33.7 Å². The lowest BCUT2D eigenvalue weighted by atomic mass is 9.99. The molecule has 2 rings (SSSR count). The highest BCUT2D eigenvalue weighted by atomic mass is 32.2. The molecule has 0 aromatic heterocycles. The topological polar surface area (TPSA) is 75.3 Å². The van der Waals surface area contributed by atoms with Crippen molar-refractivity contribution in [2.24, 2.45) is 5.92 Å². The standard InChI is InChI=1S/C13H18N2O3S/c1-19(17,18)12-7-3-2-6-11(12)15-13(16)10-5-4-8-14-9-10/h2-3,6-7,10,14H,4-5,8-9H2,1H3,(H,15,16)/t10-/m0/s1. The van der Waals surface area contributed by atoms with E-state index in [1.54, 1.807) is 18.2 Å². The quantitative estimate of drug-likeness (QED) is 0.868. The van der Waals surface area contributed by atoms with Gasteiger partial charge in [0.25, 0.3) is 0 Å². The van der Waals surface area contributed by atoms with Gasteiger partial charge in [-0.15, -0.1) is 0 Å². The number of rotatable bonds is 3. The smallest absolute Gasteiger partial charge is 0.228 e. The van der Waals surface area contributed by atoms with E-state index in [1.165, 1.54) is 6.07 Å². The molecule has 1 saturated heterocycles. The van der Waals surface area contributed by atoms with Crippen LogP contribution in [0.1, 0.15) is 12.8 Å². The number of nitrogens with one attached hydrogen (secondary N) is 2. The normalized spacial score (nSPS) is 19.9. The van der Waals surface area contributed by atoms with Gasteiger partial charge in [0, 0.05) is 12.8 Å². The van der Waals surface area contributed by atoms with E-state index in [9.17, 15) is 13.2 Å². The Hall–Kier alpha value is -1.40. The molecule has 0 saturated carbocycles. The molecule has 0 radical (unpaired) electrons. The van der Waals surface area contributed by atoms with Crippen molar-refractivity contribution < 1.29 is 13.2 Å². The zero-order valence-corrected chi connectivity index (χ0v) is 11.7. The van der Waals surface area contributed by atoms with Gasteiger partial charge >= 0.3 is 0 Å². The molecule has 1 aliphatic rings. The summed E-state index contributed by atoms with van der Waals surface area (Å²) in [4.78, 5) is 12.3. The predicted octanol–water partition coefficient (Wildman–Crippen LogP) is 1.03. The number of para-hydroxylation sites is 1. The molecule has 1 aliphatic heterocycles. The average Bonchev–Trinajstić information content (AvgIpc) is 2.39. The number of sulfone groups is 1. The molecule has 6 heteroatoms. The molecule has 0 spiro atoms. The number of piperidine rings is 1. The van der Waals surface area contributed by atoms with Crippen molar-refractivity contribution >= 4 is 21.4 Å². The fraction of sp³-hybridized carbons (Fsp3) is 0.462. The van der Waals surface area contributed by atoms with E-state index in [4.69, 9.17) is 0 Å². The molecule has 1 heterocycles. The Morgan fingerprint density at radius 3 is 2.74 bits per heavy atom. The summed E-state index contributed by atoms with van der Waals surface area (Å²) in [6, 6.07) is 6.48. The van der Waals surface area contributed by atoms with E-state index < -0.39 is 9.84 Å². The van der Waals surface area contributed by atoms with Gasteiger partial charge in [0.2, 0.25) is 5.91 Å². The van der Waals surface area contributed by atoms with Crippen LogP contribution in [0, 0.1) is 5.92 Å². The Kier molecular flexibility index (Phi) is 4.21. The van der Waals surface area contributed by atoms with Gasteiger partial charge in [-0.25, -0.2) is 8.42 Å². The minimum atomic E-state index is -3.34. The highest BCUT2D eigenvalue weighted by Gasteiger charge is 2.22. The lowest BCUT2D eigenvalue weighted by Crippen LogP contribution is -2.37. The second kappa shape index (κ2) is 5.71. The van der Waals surface area contributed by atoms with E-state index in [1.807, 2.05) is 0 Å². The number of carbonyl (C=O) groups is 1. The van der Waals surface area contributed by atoms with Gasteiger partial charge in [0.15, 0.2) is 9.84 Å². The molecule has 1 atom stereocenters. The molecule has 104 valence electrons. The molecule has 0 bridgehead atoms. The predicted molar refractivity (Wildman–Crippen MR) is 73.8 cm³/mol. The van der Waals surface area contributed by atoms with Gasteiger partial charge in [0.1, 0.15) is 0 Å². The zero-order valence-electron chi connectivity index (χ0n) is 10.8. The van der Waals surface area contributed by atoms with Crippen molar-refractivity contribution in [2.45, 2.75) is 17.7 Å². The first kappa shape index (κ1) is 14.0. The van der Waals surface area contributed by atoms with Crippen LogP contribution in [-0.2, 0) is 14.6 Å². The summed E-state index contributed by atoms with van der Waals surface area (Å²) in [7, 11) is -3.34. The van der Waals surface area contributed by atoms with Gasteiger partial charge in [-0.3, -0.25) is 4.79 Å². The molecule has 5 nitrogen and oxygen atoms in total. The average molecular weight is 282 g/mol. The van der Waals surface area contributed by atoms with Crippen molar-refractivity contribution in [3.05, 3.63) is 24.3 Å². The molecule has 0 unspecified atom stereocenters. The van der Waals surface area contributed by atoms with Gasteiger partial charge in [-0.2, -0.15) is 0 Å². The Morgan fingerprint density at radius 1 is 1.37 bits per heavy atom. The zero-order chi connectivity index (χ0) is 13.9. The molecule has 2 N–H and O–H groups in total. The maximum Gasteiger partial charge on any atom is 0.228 e. The van der Waals surface area contributed by atoms with E-state index in [2.05, 4.69) is 10.6 Å². The highest BCUT2D eigenvalue weighted by Crippen LogP contribution is 2.22. The van der Waals surface area contributed by atoms with Gasteiger partial charge in [-0.1, -0.05) is 12.1 Å². The monoisotopic (exact) mass is 282 g/mol. The number of carbonyl (C=O) groups excluding carboxylic acids is 1. The van der Waals surface area contributed by atoms with Gasteiger partial charge in [0.05, 0.1) is 16.5 Å². The summed E-state index contributed by atoms with van der Waals surface area (Å²) in [5.74, 6) is -0.218. The summed E-state index contributed by atoms with van der Waals surface area (Å²) in [6.45, 7) is 1.58. The summed E-state index contributed by atoms with van der Waals surface area (Å²) < 4.78 is 23.3. The minimum Gasteiger partial charge on any atom is -0.325 e. The van der Waals surface area contributed by atoms with Crippen LogP contribution in [0.4, 0.5) is 5.69 Å². The van der Waals surface area contributed by atoms with Crippen LogP contribution >= 0.6 is 0 Å². The Morgan fingerprint density at radius 2 is 2.11 bits per heavy atom. The number of anilines is 1. The van der Waals surface area contributed by atoms with Gasteiger partial charge in [-0.05, 0) is 31.5 Å². The maximum atomic E-state index is 12.1. The number of hydrogen-bond donors (Lipinski definition) is 2. The number of amides is 1. The third-order valence-corrected chi connectivity index (χ3v) is 4.37. The summed E-state index contributed by atoms with van der Waals surface area (Å²) in [6.07, 6.45) is 2.94. The number of benzene rings is 1. The molecule has 1 aromatic rings. The lowest BCUT2D eigenvalue weighted by molar-refractivity contribution is -0.120. The van der Waals surface area contributed by atoms with Crippen LogP contribution in [0.5, 0.6) is 0 Å². The first-order chi connectivity index (χ1) is 8.98. The fourth-order valence-corrected chi connectivity index (χ4v) is 3.05. The van der Waals surface area contributed by atoms with Crippen molar-refractivity contribution in [3.63, 3.8) is 0 Å². The van der Waals surface area contributed by atoms with Crippen LogP contribution in [0.15, 0.2) is 29.2 Å². The molecule has 0 aliphatic carbocycles. The summed E-state index contributed by atoms with van der Waals surface area (Å²) >= 11 is 0. The Bertz CT molecular complexity index is 563. The van der Waals surface area contributed by atoms with Crippen LogP contribution in [0.3, 0.4) is 0 Å². The van der Waals surface area contributed by atoms with Crippen molar-refractivity contribution in [1.82, 2.24) is 5.32 Å². The highest BCUT2D eigenvalue weighted by molar-refractivity contribution is 7.90. The fourth-order valence-electron chi connectivity index (χ4n) is 2.20. The van der Waals surface area contributed by atoms with Crippen molar-refractivity contribution in [3.8, 4) is 0 Å². The van der Waals surface area contributed by atoms with Gasteiger partial charge < -0.3 is 10.6 Å². The van der Waals surface area contributed by atoms with E-state index in [0.29, 0.717) is 12.2 Å². The van der Waals surface area contributed by atoms with Crippen LogP contribution in [0.25, 0.3) is 0 Å². The van der Waals surface area contributed by atoms with Crippen LogP contribution in [0.2, 0.25) is 0 Å². The molecule has 19 heavy (non-hydrogen) atoms.